The van der Waals surface area contributed by atoms with Crippen LogP contribution in [0.1, 0.15) is 6.42 Å². The predicted octanol–water partition coefficient (Wildman–Crippen LogP) is -0.277. The normalized spacial score (nSPS) is 22.1. The Morgan fingerprint density at radius 1 is 1.64 bits per heavy atom. The van der Waals surface area contributed by atoms with Gasteiger partial charge in [0.25, 0.3) is 0 Å². The number of hydrogen-bond acceptors (Lipinski definition) is 7. The topological polar surface area (TPSA) is 72.0 Å². The molecule has 1 saturated heterocycles. The molecule has 6 nitrogen and oxygen atoms in total. The van der Waals surface area contributed by atoms with E-state index in [0.29, 0.717) is 6.10 Å². The van der Waals surface area contributed by atoms with E-state index >= 15 is 0 Å². The fourth-order valence-electron chi connectivity index (χ4n) is 1.35. The second kappa shape index (κ2) is 5.18. The monoisotopic (exact) mass is 215 g/mol. The van der Waals surface area contributed by atoms with E-state index in [1.54, 1.807) is 0 Å². The van der Waals surface area contributed by atoms with Gasteiger partial charge in [0, 0.05) is 31.2 Å². The van der Waals surface area contributed by atoms with Gasteiger partial charge in [-0.2, -0.15) is 0 Å². The number of nitrogens with one attached hydrogen (secondary N) is 2. The van der Waals surface area contributed by atoms with Gasteiger partial charge in [-0.3, -0.25) is 0 Å². The standard InChI is InChI=1S/C7H13N5OS/c1(6-5-8-3-4-13-6)2-9-7-10-11-12-14-7/h6,8H,1-5H2,(H,9,10,12). The van der Waals surface area contributed by atoms with Crippen molar-refractivity contribution in [1.82, 2.24) is 20.1 Å². The zero-order chi connectivity index (χ0) is 9.64. The summed E-state index contributed by atoms with van der Waals surface area (Å²) >= 11 is 1.27. The highest BCUT2D eigenvalue weighted by atomic mass is 32.1. The van der Waals surface area contributed by atoms with Crippen molar-refractivity contribution in [3.8, 4) is 0 Å². The minimum absolute atomic E-state index is 0.317. The van der Waals surface area contributed by atoms with Crippen LogP contribution >= 0.6 is 11.5 Å². The van der Waals surface area contributed by atoms with Crippen LogP contribution in [0.2, 0.25) is 0 Å². The minimum atomic E-state index is 0.317. The molecule has 0 aliphatic carbocycles. The molecule has 1 aromatic rings. The number of hydrogen-bond donors (Lipinski definition) is 2. The molecule has 1 aliphatic heterocycles. The lowest BCUT2D eigenvalue weighted by molar-refractivity contribution is 0.0258. The van der Waals surface area contributed by atoms with Crippen molar-refractivity contribution in [3.63, 3.8) is 0 Å². The largest absolute Gasteiger partial charge is 0.376 e. The van der Waals surface area contributed by atoms with Crippen LogP contribution in [-0.2, 0) is 4.74 Å². The Kier molecular flexibility index (Phi) is 3.61. The number of aromatic nitrogens is 3. The van der Waals surface area contributed by atoms with Gasteiger partial charge in [-0.25, -0.2) is 0 Å². The molecule has 1 aliphatic rings. The molecule has 14 heavy (non-hydrogen) atoms. The Labute approximate surface area is 86.2 Å². The van der Waals surface area contributed by atoms with Crippen LogP contribution in [0.3, 0.4) is 0 Å². The molecule has 2 heterocycles. The third-order valence-electron chi connectivity index (χ3n) is 2.05. The summed E-state index contributed by atoms with van der Waals surface area (Å²) in [5, 5.41) is 14.5. The molecule has 78 valence electrons. The van der Waals surface area contributed by atoms with Crippen molar-refractivity contribution in [2.24, 2.45) is 0 Å². The average Bonchev–Trinajstić information content (AvgIpc) is 2.72. The fourth-order valence-corrected chi connectivity index (χ4v) is 1.74. The molecule has 2 rings (SSSR count). The summed E-state index contributed by atoms with van der Waals surface area (Å²) in [6.07, 6.45) is 1.30. The molecule has 0 radical (unpaired) electrons. The maximum Gasteiger partial charge on any atom is 0.225 e. The van der Waals surface area contributed by atoms with Crippen molar-refractivity contribution in [2.75, 3.05) is 31.6 Å². The van der Waals surface area contributed by atoms with Gasteiger partial charge in [0.2, 0.25) is 5.13 Å². The highest BCUT2D eigenvalue weighted by Gasteiger charge is 2.12. The fraction of sp³-hybridized carbons (Fsp3) is 0.857. The molecule has 0 amide bonds. The van der Waals surface area contributed by atoms with Crippen molar-refractivity contribution in [2.45, 2.75) is 12.5 Å². The van der Waals surface area contributed by atoms with Gasteiger partial charge in [-0.15, -0.1) is 0 Å². The first-order chi connectivity index (χ1) is 6.95. The van der Waals surface area contributed by atoms with Crippen LogP contribution in [0.4, 0.5) is 5.13 Å². The Bertz CT molecular complexity index is 249. The SMILES string of the molecule is C1COC(CCNc2nnns2)CN1. The van der Waals surface area contributed by atoms with Gasteiger partial charge in [0.15, 0.2) is 0 Å². The number of nitrogens with zero attached hydrogens (tertiary/aromatic N) is 3. The molecule has 7 heteroatoms. The quantitative estimate of drug-likeness (QED) is 0.720. The maximum absolute atomic E-state index is 5.55. The van der Waals surface area contributed by atoms with Crippen molar-refractivity contribution in [3.05, 3.63) is 0 Å². The van der Waals surface area contributed by atoms with E-state index in [0.717, 1.165) is 37.8 Å². The molecule has 1 atom stereocenters. The Morgan fingerprint density at radius 2 is 2.64 bits per heavy atom. The third-order valence-corrected chi connectivity index (χ3v) is 2.60. The second-order valence-electron chi connectivity index (χ2n) is 3.08. The molecule has 1 fully saturated rings. The maximum atomic E-state index is 5.55. The molecule has 0 saturated carbocycles. The summed E-state index contributed by atoms with van der Waals surface area (Å²) in [5.74, 6) is 0. The lowest BCUT2D eigenvalue weighted by atomic mass is 10.2. The number of anilines is 1. The van der Waals surface area contributed by atoms with Crippen LogP contribution in [-0.4, -0.2) is 47.1 Å². The molecule has 0 bridgehead atoms. The lowest BCUT2D eigenvalue weighted by Gasteiger charge is -2.23. The first-order valence-corrected chi connectivity index (χ1v) is 5.44. The summed E-state index contributed by atoms with van der Waals surface area (Å²) in [6.45, 7) is 3.56. The number of ether oxygens (including phenoxy) is 1. The Balaban J connectivity index is 1.62. The van der Waals surface area contributed by atoms with Gasteiger partial charge in [-0.05, 0) is 11.6 Å². The molecular formula is C7H13N5OS. The first kappa shape index (κ1) is 9.75. The van der Waals surface area contributed by atoms with Crippen LogP contribution < -0.4 is 10.6 Å². The highest BCUT2D eigenvalue weighted by molar-refractivity contribution is 7.09. The zero-order valence-electron chi connectivity index (χ0n) is 7.77. The van der Waals surface area contributed by atoms with Gasteiger partial charge in [0.05, 0.1) is 12.7 Å². The van der Waals surface area contributed by atoms with Crippen molar-refractivity contribution >= 4 is 16.7 Å². The van der Waals surface area contributed by atoms with E-state index in [1.165, 1.54) is 11.5 Å². The summed E-state index contributed by atoms with van der Waals surface area (Å²) in [4.78, 5) is 0. The summed E-state index contributed by atoms with van der Waals surface area (Å²) in [6, 6.07) is 0. The average molecular weight is 215 g/mol. The molecule has 0 aromatic carbocycles. The van der Waals surface area contributed by atoms with Crippen molar-refractivity contribution in [1.29, 1.82) is 0 Å². The second-order valence-corrected chi connectivity index (χ2v) is 3.81. The van der Waals surface area contributed by atoms with Crippen molar-refractivity contribution < 1.29 is 4.74 Å². The van der Waals surface area contributed by atoms with E-state index in [-0.39, 0.29) is 0 Å². The van der Waals surface area contributed by atoms with E-state index in [4.69, 9.17) is 4.74 Å². The van der Waals surface area contributed by atoms with Crippen LogP contribution in [0, 0.1) is 0 Å². The molecule has 1 unspecified atom stereocenters. The third kappa shape index (κ3) is 2.86. The van der Waals surface area contributed by atoms with E-state index in [9.17, 15) is 0 Å². The molecule has 2 N–H and O–H groups in total. The smallest absolute Gasteiger partial charge is 0.225 e. The van der Waals surface area contributed by atoms with Gasteiger partial charge in [-0.1, -0.05) is 9.59 Å². The Morgan fingerprint density at radius 3 is 3.36 bits per heavy atom. The Hall–Kier alpha value is -0.790. The summed E-state index contributed by atoms with van der Waals surface area (Å²) < 4.78 is 9.21. The van der Waals surface area contributed by atoms with E-state index in [2.05, 4.69) is 25.4 Å². The van der Waals surface area contributed by atoms with E-state index < -0.39 is 0 Å². The predicted molar refractivity (Wildman–Crippen MR) is 53.4 cm³/mol. The molecule has 1 aromatic heterocycles. The van der Waals surface area contributed by atoms with Crippen LogP contribution in [0.15, 0.2) is 0 Å². The van der Waals surface area contributed by atoms with E-state index in [1.807, 2.05) is 0 Å². The molecule has 0 spiro atoms. The highest BCUT2D eigenvalue weighted by Crippen LogP contribution is 2.06. The first-order valence-electron chi connectivity index (χ1n) is 4.66. The minimum Gasteiger partial charge on any atom is -0.376 e. The van der Waals surface area contributed by atoms with Gasteiger partial charge < -0.3 is 15.4 Å². The van der Waals surface area contributed by atoms with Crippen LogP contribution in [0.5, 0.6) is 0 Å². The van der Waals surface area contributed by atoms with Crippen LogP contribution in [0.25, 0.3) is 0 Å². The lowest BCUT2D eigenvalue weighted by Crippen LogP contribution is -2.39. The van der Waals surface area contributed by atoms with Gasteiger partial charge >= 0.3 is 0 Å². The summed E-state index contributed by atoms with van der Waals surface area (Å²) in [7, 11) is 0. The zero-order valence-corrected chi connectivity index (χ0v) is 8.59. The number of morpholine rings is 1. The molecular weight excluding hydrogens is 202 g/mol. The summed E-state index contributed by atoms with van der Waals surface area (Å²) in [5.41, 5.74) is 0. The number of rotatable bonds is 4. The van der Waals surface area contributed by atoms with Gasteiger partial charge in [0.1, 0.15) is 0 Å².